The molecule has 0 fully saturated rings. The van der Waals surface area contributed by atoms with Crippen molar-refractivity contribution < 1.29 is 9.47 Å². The smallest absolute Gasteiger partial charge is 0.140 e. The number of nitrogens with zero attached hydrogens (tertiary/aromatic N) is 1. The standard InChI is InChI=1S/C11H15NO2/c1-13-6-4-10-7-9-3-2-5-14-11(9)8-12-10/h7-8H,2-6H2,1H3. The molecule has 2 heterocycles. The number of aromatic nitrogens is 1. The van der Waals surface area contributed by atoms with Crippen LogP contribution >= 0.6 is 0 Å². The Morgan fingerprint density at radius 3 is 3.36 bits per heavy atom. The summed E-state index contributed by atoms with van der Waals surface area (Å²) in [7, 11) is 1.71. The van der Waals surface area contributed by atoms with Gasteiger partial charge in [-0.05, 0) is 24.5 Å². The lowest BCUT2D eigenvalue weighted by Gasteiger charge is -2.17. The number of aryl methyl sites for hydroxylation is 1. The molecule has 1 aliphatic heterocycles. The van der Waals surface area contributed by atoms with Gasteiger partial charge in [-0.3, -0.25) is 4.98 Å². The molecule has 0 aromatic carbocycles. The van der Waals surface area contributed by atoms with Gasteiger partial charge in [0.15, 0.2) is 0 Å². The molecule has 0 radical (unpaired) electrons. The highest BCUT2D eigenvalue weighted by Crippen LogP contribution is 2.23. The second-order valence-electron chi connectivity index (χ2n) is 3.48. The summed E-state index contributed by atoms with van der Waals surface area (Å²) in [4.78, 5) is 4.32. The van der Waals surface area contributed by atoms with Crippen LogP contribution in [0.1, 0.15) is 17.7 Å². The molecule has 0 aliphatic carbocycles. The predicted octanol–water partition coefficient (Wildman–Crippen LogP) is 1.60. The molecule has 0 N–H and O–H groups in total. The predicted molar refractivity (Wildman–Crippen MR) is 53.6 cm³/mol. The molecular weight excluding hydrogens is 178 g/mol. The summed E-state index contributed by atoms with van der Waals surface area (Å²) in [6.07, 6.45) is 4.93. The van der Waals surface area contributed by atoms with Gasteiger partial charge in [0, 0.05) is 19.2 Å². The number of hydrogen-bond acceptors (Lipinski definition) is 3. The van der Waals surface area contributed by atoms with Gasteiger partial charge in [0.1, 0.15) is 5.75 Å². The highest BCUT2D eigenvalue weighted by Gasteiger charge is 2.10. The zero-order valence-electron chi connectivity index (χ0n) is 8.45. The quantitative estimate of drug-likeness (QED) is 0.730. The molecule has 0 unspecified atom stereocenters. The Morgan fingerprint density at radius 1 is 1.57 bits per heavy atom. The Kier molecular flexibility index (Phi) is 2.99. The lowest BCUT2D eigenvalue weighted by atomic mass is 10.1. The van der Waals surface area contributed by atoms with E-state index >= 15 is 0 Å². The molecule has 0 saturated carbocycles. The van der Waals surface area contributed by atoms with E-state index in [-0.39, 0.29) is 0 Å². The minimum absolute atomic E-state index is 0.729. The average Bonchev–Trinajstić information content (AvgIpc) is 2.26. The van der Waals surface area contributed by atoms with Crippen LogP contribution in [0.4, 0.5) is 0 Å². The number of fused-ring (bicyclic) bond motifs is 1. The Hall–Kier alpha value is -1.09. The van der Waals surface area contributed by atoms with Gasteiger partial charge in [-0.25, -0.2) is 0 Å². The van der Waals surface area contributed by atoms with E-state index in [1.54, 1.807) is 7.11 Å². The van der Waals surface area contributed by atoms with E-state index in [1.807, 2.05) is 6.20 Å². The van der Waals surface area contributed by atoms with Gasteiger partial charge < -0.3 is 9.47 Å². The monoisotopic (exact) mass is 193 g/mol. The molecule has 1 aromatic heterocycles. The van der Waals surface area contributed by atoms with Gasteiger partial charge in [-0.1, -0.05) is 0 Å². The van der Waals surface area contributed by atoms with Crippen LogP contribution in [0, 0.1) is 0 Å². The van der Waals surface area contributed by atoms with E-state index < -0.39 is 0 Å². The Morgan fingerprint density at radius 2 is 2.50 bits per heavy atom. The Labute approximate surface area is 84.1 Å². The highest BCUT2D eigenvalue weighted by atomic mass is 16.5. The number of rotatable bonds is 3. The van der Waals surface area contributed by atoms with E-state index in [0.717, 1.165) is 43.9 Å². The van der Waals surface area contributed by atoms with Crippen LogP contribution < -0.4 is 4.74 Å². The molecule has 14 heavy (non-hydrogen) atoms. The molecule has 0 amide bonds. The molecule has 3 heteroatoms. The fraction of sp³-hybridized carbons (Fsp3) is 0.545. The maximum Gasteiger partial charge on any atom is 0.140 e. The molecule has 1 aliphatic rings. The Bertz CT molecular complexity index is 312. The second-order valence-corrected chi connectivity index (χ2v) is 3.48. The van der Waals surface area contributed by atoms with E-state index in [0.29, 0.717) is 0 Å². The molecule has 0 bridgehead atoms. The lowest BCUT2D eigenvalue weighted by molar-refractivity contribution is 0.201. The van der Waals surface area contributed by atoms with Crippen LogP contribution in [-0.4, -0.2) is 25.3 Å². The summed E-state index contributed by atoms with van der Waals surface area (Å²) in [6, 6.07) is 2.13. The van der Waals surface area contributed by atoms with Crippen molar-refractivity contribution in [3.05, 3.63) is 23.5 Å². The normalized spacial score (nSPS) is 14.6. The third kappa shape index (κ3) is 2.04. The van der Waals surface area contributed by atoms with Crippen LogP contribution in [0.3, 0.4) is 0 Å². The van der Waals surface area contributed by atoms with Gasteiger partial charge in [0.05, 0.1) is 19.4 Å². The topological polar surface area (TPSA) is 31.4 Å². The second kappa shape index (κ2) is 4.42. The summed E-state index contributed by atoms with van der Waals surface area (Å²) >= 11 is 0. The van der Waals surface area contributed by atoms with Gasteiger partial charge >= 0.3 is 0 Å². The van der Waals surface area contributed by atoms with Crippen molar-refractivity contribution in [3.63, 3.8) is 0 Å². The minimum Gasteiger partial charge on any atom is -0.492 e. The van der Waals surface area contributed by atoms with Crippen LogP contribution in [0.5, 0.6) is 5.75 Å². The van der Waals surface area contributed by atoms with E-state index in [1.165, 1.54) is 5.56 Å². The third-order valence-corrected chi connectivity index (χ3v) is 2.42. The number of hydrogen-bond donors (Lipinski definition) is 0. The SMILES string of the molecule is COCCc1cc2c(cn1)OCCC2. The van der Waals surface area contributed by atoms with E-state index in [4.69, 9.17) is 9.47 Å². The first-order valence-electron chi connectivity index (χ1n) is 4.99. The maximum absolute atomic E-state index is 5.49. The first-order chi connectivity index (χ1) is 6.90. The van der Waals surface area contributed by atoms with Crippen LogP contribution in [0.25, 0.3) is 0 Å². The fourth-order valence-corrected chi connectivity index (χ4v) is 1.65. The van der Waals surface area contributed by atoms with Crippen molar-refractivity contribution >= 4 is 0 Å². The molecule has 76 valence electrons. The van der Waals surface area contributed by atoms with E-state index in [9.17, 15) is 0 Å². The molecule has 3 nitrogen and oxygen atoms in total. The molecular formula is C11H15NO2. The van der Waals surface area contributed by atoms with Crippen LogP contribution in [-0.2, 0) is 17.6 Å². The number of methoxy groups -OCH3 is 1. The van der Waals surface area contributed by atoms with Gasteiger partial charge in [-0.2, -0.15) is 0 Å². The highest BCUT2D eigenvalue weighted by molar-refractivity contribution is 5.34. The summed E-state index contributed by atoms with van der Waals surface area (Å²) in [5.41, 5.74) is 2.38. The Balaban J connectivity index is 2.12. The van der Waals surface area contributed by atoms with Gasteiger partial charge in [0.2, 0.25) is 0 Å². The summed E-state index contributed by atoms with van der Waals surface area (Å²) in [5.74, 6) is 0.956. The molecule has 0 atom stereocenters. The summed E-state index contributed by atoms with van der Waals surface area (Å²) < 4.78 is 10.5. The average molecular weight is 193 g/mol. The summed E-state index contributed by atoms with van der Waals surface area (Å²) in [6.45, 7) is 1.55. The summed E-state index contributed by atoms with van der Waals surface area (Å²) in [5, 5.41) is 0. The zero-order valence-corrected chi connectivity index (χ0v) is 8.45. The molecule has 0 spiro atoms. The molecule has 1 aromatic rings. The van der Waals surface area contributed by atoms with Crippen molar-refractivity contribution in [1.29, 1.82) is 0 Å². The van der Waals surface area contributed by atoms with Crippen molar-refractivity contribution in [2.45, 2.75) is 19.3 Å². The fourth-order valence-electron chi connectivity index (χ4n) is 1.65. The van der Waals surface area contributed by atoms with Crippen molar-refractivity contribution in [2.75, 3.05) is 20.3 Å². The maximum atomic E-state index is 5.49. The van der Waals surface area contributed by atoms with Gasteiger partial charge in [-0.15, -0.1) is 0 Å². The van der Waals surface area contributed by atoms with Crippen molar-refractivity contribution in [1.82, 2.24) is 4.98 Å². The first-order valence-corrected chi connectivity index (χ1v) is 4.99. The molecule has 2 rings (SSSR count). The van der Waals surface area contributed by atoms with Gasteiger partial charge in [0.25, 0.3) is 0 Å². The van der Waals surface area contributed by atoms with Crippen LogP contribution in [0.15, 0.2) is 12.3 Å². The lowest BCUT2D eigenvalue weighted by Crippen LogP contribution is -2.10. The zero-order chi connectivity index (χ0) is 9.80. The minimum atomic E-state index is 0.729. The first kappa shape index (κ1) is 9.46. The number of ether oxygens (including phenoxy) is 2. The van der Waals surface area contributed by atoms with Crippen LogP contribution in [0.2, 0.25) is 0 Å². The largest absolute Gasteiger partial charge is 0.492 e. The van der Waals surface area contributed by atoms with Crippen molar-refractivity contribution in [2.24, 2.45) is 0 Å². The van der Waals surface area contributed by atoms with E-state index in [2.05, 4.69) is 11.1 Å². The van der Waals surface area contributed by atoms with Crippen molar-refractivity contribution in [3.8, 4) is 5.75 Å². The third-order valence-electron chi connectivity index (χ3n) is 2.42. The number of pyridine rings is 1. The molecule has 0 saturated heterocycles.